The van der Waals surface area contributed by atoms with Crippen LogP contribution in [0, 0.1) is 0 Å². The standard InChI is InChI=1S/C16H18O3/c17-16(8-14-10-19-14)5-1-2-12-6-11(3-4-15(12)16)7-13-9-18-13/h1-4,6,13-14,17H,5,7-10H2. The fourth-order valence-electron chi connectivity index (χ4n) is 3.00. The first-order valence-corrected chi connectivity index (χ1v) is 6.98. The number of epoxide rings is 2. The van der Waals surface area contributed by atoms with E-state index in [4.69, 9.17) is 9.47 Å². The molecular formula is C16H18O3. The van der Waals surface area contributed by atoms with Gasteiger partial charge in [-0.05, 0) is 23.1 Å². The van der Waals surface area contributed by atoms with Crippen molar-refractivity contribution in [3.8, 4) is 0 Å². The Labute approximate surface area is 112 Å². The van der Waals surface area contributed by atoms with Gasteiger partial charge in [-0.2, -0.15) is 0 Å². The molecule has 0 amide bonds. The zero-order valence-corrected chi connectivity index (χ0v) is 10.8. The summed E-state index contributed by atoms with van der Waals surface area (Å²) in [5.74, 6) is 0. The van der Waals surface area contributed by atoms with E-state index in [1.807, 2.05) is 0 Å². The first kappa shape index (κ1) is 11.6. The van der Waals surface area contributed by atoms with E-state index in [9.17, 15) is 5.11 Å². The predicted octanol–water partition coefficient (Wildman–Crippen LogP) is 2.02. The van der Waals surface area contributed by atoms with Crippen LogP contribution in [0.1, 0.15) is 29.5 Å². The fraction of sp³-hybridized carbons (Fsp3) is 0.500. The molecule has 0 radical (unpaired) electrons. The van der Waals surface area contributed by atoms with Crippen molar-refractivity contribution in [3.63, 3.8) is 0 Å². The molecule has 3 heteroatoms. The topological polar surface area (TPSA) is 45.3 Å². The van der Waals surface area contributed by atoms with Crippen molar-refractivity contribution in [2.45, 2.75) is 37.1 Å². The van der Waals surface area contributed by atoms with Crippen molar-refractivity contribution < 1.29 is 14.6 Å². The molecule has 2 heterocycles. The van der Waals surface area contributed by atoms with Crippen molar-refractivity contribution in [2.24, 2.45) is 0 Å². The summed E-state index contributed by atoms with van der Waals surface area (Å²) in [4.78, 5) is 0. The smallest absolute Gasteiger partial charge is 0.0962 e. The summed E-state index contributed by atoms with van der Waals surface area (Å²) in [6, 6.07) is 6.39. The van der Waals surface area contributed by atoms with Crippen LogP contribution in [0.3, 0.4) is 0 Å². The number of rotatable bonds is 4. The van der Waals surface area contributed by atoms with Gasteiger partial charge < -0.3 is 14.6 Å². The molecule has 1 aromatic rings. The molecule has 1 N–H and O–H groups in total. The Morgan fingerprint density at radius 2 is 2.00 bits per heavy atom. The van der Waals surface area contributed by atoms with E-state index in [2.05, 4.69) is 30.4 Å². The largest absolute Gasteiger partial charge is 0.385 e. The molecule has 4 rings (SSSR count). The van der Waals surface area contributed by atoms with Gasteiger partial charge in [0.2, 0.25) is 0 Å². The summed E-state index contributed by atoms with van der Waals surface area (Å²) in [7, 11) is 0. The Balaban J connectivity index is 1.64. The maximum absolute atomic E-state index is 10.9. The molecule has 3 nitrogen and oxygen atoms in total. The lowest BCUT2D eigenvalue weighted by Crippen LogP contribution is -2.29. The molecule has 1 aliphatic carbocycles. The first-order chi connectivity index (χ1) is 9.23. The van der Waals surface area contributed by atoms with Crippen LogP contribution < -0.4 is 0 Å². The Kier molecular flexibility index (Phi) is 2.56. The van der Waals surface area contributed by atoms with Crippen LogP contribution in [0.2, 0.25) is 0 Å². The van der Waals surface area contributed by atoms with Crippen LogP contribution >= 0.6 is 0 Å². The highest BCUT2D eigenvalue weighted by molar-refractivity contribution is 5.60. The lowest BCUT2D eigenvalue weighted by Gasteiger charge is -2.31. The Bertz CT molecular complexity index is 529. The molecule has 3 aliphatic rings. The zero-order chi connectivity index (χ0) is 12.9. The molecule has 100 valence electrons. The number of aliphatic hydroxyl groups is 1. The van der Waals surface area contributed by atoms with Gasteiger partial charge >= 0.3 is 0 Å². The SMILES string of the molecule is OC1(CC2CO2)CC=Cc2cc(CC3CO3)ccc21. The van der Waals surface area contributed by atoms with E-state index in [1.54, 1.807) is 0 Å². The average Bonchev–Trinajstić information content (AvgIpc) is 3.26. The summed E-state index contributed by atoms with van der Waals surface area (Å²) >= 11 is 0. The molecular weight excluding hydrogens is 240 g/mol. The highest BCUT2D eigenvalue weighted by atomic mass is 16.6. The normalized spacial score (nSPS) is 35.0. The van der Waals surface area contributed by atoms with Crippen molar-refractivity contribution >= 4 is 6.08 Å². The lowest BCUT2D eigenvalue weighted by molar-refractivity contribution is 0.0217. The monoisotopic (exact) mass is 258 g/mol. The van der Waals surface area contributed by atoms with Crippen LogP contribution in [-0.4, -0.2) is 30.5 Å². The molecule has 2 aliphatic heterocycles. The molecule has 0 bridgehead atoms. The minimum atomic E-state index is -0.750. The summed E-state index contributed by atoms with van der Waals surface area (Å²) in [5.41, 5.74) is 2.73. The Hall–Kier alpha value is -1.16. The van der Waals surface area contributed by atoms with E-state index in [0.717, 1.165) is 30.8 Å². The van der Waals surface area contributed by atoms with Crippen molar-refractivity contribution in [1.29, 1.82) is 0 Å². The van der Waals surface area contributed by atoms with Gasteiger partial charge in [0.15, 0.2) is 0 Å². The Morgan fingerprint density at radius 1 is 1.21 bits per heavy atom. The predicted molar refractivity (Wildman–Crippen MR) is 71.8 cm³/mol. The minimum Gasteiger partial charge on any atom is -0.385 e. The maximum atomic E-state index is 10.9. The number of hydrogen-bond acceptors (Lipinski definition) is 3. The van der Waals surface area contributed by atoms with E-state index >= 15 is 0 Å². The van der Waals surface area contributed by atoms with Gasteiger partial charge in [0.05, 0.1) is 31.0 Å². The number of benzene rings is 1. The average molecular weight is 258 g/mol. The van der Waals surface area contributed by atoms with Crippen molar-refractivity contribution in [3.05, 3.63) is 41.0 Å². The number of fused-ring (bicyclic) bond motifs is 1. The van der Waals surface area contributed by atoms with Crippen molar-refractivity contribution in [2.75, 3.05) is 13.2 Å². The van der Waals surface area contributed by atoms with Crippen LogP contribution in [0.25, 0.3) is 6.08 Å². The fourth-order valence-corrected chi connectivity index (χ4v) is 3.00. The number of hydrogen-bond donors (Lipinski definition) is 1. The second-order valence-corrected chi connectivity index (χ2v) is 5.88. The highest BCUT2D eigenvalue weighted by Gasteiger charge is 2.39. The Morgan fingerprint density at radius 3 is 2.74 bits per heavy atom. The zero-order valence-electron chi connectivity index (χ0n) is 10.8. The summed E-state index contributed by atoms with van der Waals surface area (Å²) in [6.45, 7) is 1.67. The van der Waals surface area contributed by atoms with Crippen LogP contribution in [0.4, 0.5) is 0 Å². The van der Waals surface area contributed by atoms with Crippen molar-refractivity contribution in [1.82, 2.24) is 0 Å². The van der Waals surface area contributed by atoms with Gasteiger partial charge in [0, 0.05) is 12.8 Å². The third-order valence-corrected chi connectivity index (χ3v) is 4.20. The summed E-state index contributed by atoms with van der Waals surface area (Å²) < 4.78 is 10.5. The van der Waals surface area contributed by atoms with E-state index in [0.29, 0.717) is 18.9 Å². The van der Waals surface area contributed by atoms with E-state index in [1.165, 1.54) is 5.56 Å². The van der Waals surface area contributed by atoms with Gasteiger partial charge in [0.25, 0.3) is 0 Å². The van der Waals surface area contributed by atoms with Crippen LogP contribution in [0.15, 0.2) is 24.3 Å². The summed E-state index contributed by atoms with van der Waals surface area (Å²) in [6.07, 6.45) is 7.20. The van der Waals surface area contributed by atoms with E-state index in [-0.39, 0.29) is 6.10 Å². The third-order valence-electron chi connectivity index (χ3n) is 4.20. The van der Waals surface area contributed by atoms with Gasteiger partial charge in [-0.15, -0.1) is 0 Å². The lowest BCUT2D eigenvalue weighted by atomic mass is 9.79. The van der Waals surface area contributed by atoms with Gasteiger partial charge in [0.1, 0.15) is 0 Å². The van der Waals surface area contributed by atoms with Crippen LogP contribution in [-0.2, 0) is 21.5 Å². The first-order valence-electron chi connectivity index (χ1n) is 6.98. The second-order valence-electron chi connectivity index (χ2n) is 5.88. The molecule has 0 saturated carbocycles. The maximum Gasteiger partial charge on any atom is 0.0962 e. The molecule has 1 aromatic carbocycles. The molecule has 2 saturated heterocycles. The molecule has 3 atom stereocenters. The number of ether oxygens (including phenoxy) is 2. The van der Waals surface area contributed by atoms with Gasteiger partial charge in [-0.25, -0.2) is 0 Å². The third kappa shape index (κ3) is 2.34. The van der Waals surface area contributed by atoms with Crippen LogP contribution in [0.5, 0.6) is 0 Å². The minimum absolute atomic E-state index is 0.240. The quantitative estimate of drug-likeness (QED) is 0.840. The molecule has 0 aromatic heterocycles. The molecule has 3 unspecified atom stereocenters. The van der Waals surface area contributed by atoms with Gasteiger partial charge in [-0.1, -0.05) is 30.4 Å². The summed E-state index contributed by atoms with van der Waals surface area (Å²) in [5, 5.41) is 10.9. The van der Waals surface area contributed by atoms with Gasteiger partial charge in [-0.3, -0.25) is 0 Å². The molecule has 0 spiro atoms. The molecule has 2 fully saturated rings. The second kappa shape index (κ2) is 4.17. The highest BCUT2D eigenvalue weighted by Crippen LogP contribution is 2.40. The molecule has 19 heavy (non-hydrogen) atoms. The van der Waals surface area contributed by atoms with E-state index < -0.39 is 5.60 Å².